The maximum Gasteiger partial charge on any atom is 0.115 e. The summed E-state index contributed by atoms with van der Waals surface area (Å²) in [6.07, 6.45) is 3.99. The Kier molecular flexibility index (Phi) is 2.78. The summed E-state index contributed by atoms with van der Waals surface area (Å²) in [5.74, 6) is 0. The van der Waals surface area contributed by atoms with Crippen molar-refractivity contribution in [2.75, 3.05) is 0 Å². The molecule has 0 nitrogen and oxygen atoms in total. The van der Waals surface area contributed by atoms with E-state index in [1.807, 2.05) is 24.3 Å². The van der Waals surface area contributed by atoms with E-state index in [4.69, 9.17) is 11.6 Å². The van der Waals surface area contributed by atoms with Crippen molar-refractivity contribution >= 4 is 11.6 Å². The third kappa shape index (κ3) is 2.27. The van der Waals surface area contributed by atoms with Gasteiger partial charge in [-0.3, -0.25) is 0 Å². The van der Waals surface area contributed by atoms with Gasteiger partial charge in [0.05, 0.1) is 0 Å². The first kappa shape index (κ1) is 9.97. The Bertz CT molecular complexity index is 316. The normalized spacial score (nSPS) is 19.9. The number of hydrogen-bond donors (Lipinski definition) is 0. The maximum absolute atomic E-state index is 14.1. The molecule has 0 aromatic heterocycles. The van der Waals surface area contributed by atoms with Gasteiger partial charge in [0.25, 0.3) is 0 Å². The molecule has 2 rings (SSSR count). The van der Waals surface area contributed by atoms with E-state index in [2.05, 4.69) is 0 Å². The molecule has 1 aromatic rings. The van der Waals surface area contributed by atoms with Crippen molar-refractivity contribution in [1.82, 2.24) is 0 Å². The topological polar surface area (TPSA) is 0 Å². The molecule has 1 aliphatic carbocycles. The number of alkyl halides is 1. The highest BCUT2D eigenvalue weighted by molar-refractivity contribution is 6.30. The first-order valence-corrected chi connectivity index (χ1v) is 5.49. The van der Waals surface area contributed by atoms with Crippen LogP contribution in [0.3, 0.4) is 0 Å². The summed E-state index contributed by atoms with van der Waals surface area (Å²) in [6, 6.07) is 7.52. The van der Waals surface area contributed by atoms with E-state index in [1.165, 1.54) is 0 Å². The van der Waals surface area contributed by atoms with Crippen molar-refractivity contribution in [3.8, 4) is 0 Å². The SMILES string of the molecule is FC1(Cc2cccc(Cl)c2)CCCC1. The van der Waals surface area contributed by atoms with Crippen LogP contribution in [0.5, 0.6) is 0 Å². The van der Waals surface area contributed by atoms with Gasteiger partial charge in [-0.2, -0.15) is 0 Å². The van der Waals surface area contributed by atoms with Crippen LogP contribution in [0.2, 0.25) is 5.02 Å². The van der Waals surface area contributed by atoms with Crippen LogP contribution < -0.4 is 0 Å². The number of benzene rings is 1. The molecule has 0 radical (unpaired) electrons. The van der Waals surface area contributed by atoms with E-state index in [1.54, 1.807) is 0 Å². The van der Waals surface area contributed by atoms with Gasteiger partial charge in [0, 0.05) is 11.4 Å². The van der Waals surface area contributed by atoms with Gasteiger partial charge in [-0.05, 0) is 30.5 Å². The van der Waals surface area contributed by atoms with E-state index >= 15 is 0 Å². The van der Waals surface area contributed by atoms with E-state index in [9.17, 15) is 4.39 Å². The summed E-state index contributed by atoms with van der Waals surface area (Å²) < 4.78 is 14.1. The molecule has 0 spiro atoms. The van der Waals surface area contributed by atoms with Crippen LogP contribution in [0.4, 0.5) is 4.39 Å². The quantitative estimate of drug-likeness (QED) is 0.691. The summed E-state index contributed by atoms with van der Waals surface area (Å²) in [5.41, 5.74) is 0.0481. The zero-order chi connectivity index (χ0) is 10.0. The van der Waals surface area contributed by atoms with Crippen LogP contribution >= 0.6 is 11.6 Å². The smallest absolute Gasteiger partial charge is 0.115 e. The van der Waals surface area contributed by atoms with Gasteiger partial charge in [-0.1, -0.05) is 36.6 Å². The number of hydrogen-bond acceptors (Lipinski definition) is 0. The van der Waals surface area contributed by atoms with Crippen molar-refractivity contribution in [3.05, 3.63) is 34.9 Å². The predicted molar refractivity (Wildman–Crippen MR) is 57.5 cm³/mol. The molecule has 1 fully saturated rings. The highest BCUT2D eigenvalue weighted by atomic mass is 35.5. The molecule has 2 heteroatoms. The first-order valence-electron chi connectivity index (χ1n) is 5.11. The Labute approximate surface area is 89.1 Å². The summed E-state index contributed by atoms with van der Waals surface area (Å²) in [5, 5.41) is 0.698. The standard InChI is InChI=1S/C12H14ClF/c13-11-5-3-4-10(8-11)9-12(14)6-1-2-7-12/h3-5,8H,1-2,6-7,9H2. The van der Waals surface area contributed by atoms with Crippen LogP contribution in [0.15, 0.2) is 24.3 Å². The van der Waals surface area contributed by atoms with Crippen molar-refractivity contribution in [3.63, 3.8) is 0 Å². The Morgan fingerprint density at radius 3 is 2.64 bits per heavy atom. The van der Waals surface area contributed by atoms with Crippen molar-refractivity contribution in [1.29, 1.82) is 0 Å². The van der Waals surface area contributed by atoms with Gasteiger partial charge >= 0.3 is 0 Å². The molecule has 0 N–H and O–H groups in total. The molecule has 1 saturated carbocycles. The molecule has 0 heterocycles. The van der Waals surface area contributed by atoms with Gasteiger partial charge in [-0.25, -0.2) is 4.39 Å². The van der Waals surface area contributed by atoms with Gasteiger partial charge in [0.15, 0.2) is 0 Å². The Morgan fingerprint density at radius 2 is 2.00 bits per heavy atom. The highest BCUT2D eigenvalue weighted by Gasteiger charge is 2.33. The molecular weight excluding hydrogens is 199 g/mol. The van der Waals surface area contributed by atoms with Gasteiger partial charge in [0.1, 0.15) is 5.67 Å². The Morgan fingerprint density at radius 1 is 1.29 bits per heavy atom. The molecule has 0 atom stereocenters. The average molecular weight is 213 g/mol. The van der Waals surface area contributed by atoms with Gasteiger partial charge < -0.3 is 0 Å². The lowest BCUT2D eigenvalue weighted by Gasteiger charge is -2.18. The summed E-state index contributed by atoms with van der Waals surface area (Å²) in [6.45, 7) is 0. The predicted octanol–water partition coefficient (Wildman–Crippen LogP) is 4.16. The molecule has 76 valence electrons. The van der Waals surface area contributed by atoms with Crippen molar-refractivity contribution < 1.29 is 4.39 Å². The monoisotopic (exact) mass is 212 g/mol. The van der Waals surface area contributed by atoms with Crippen molar-refractivity contribution in [2.45, 2.75) is 37.8 Å². The maximum atomic E-state index is 14.1. The second-order valence-corrected chi connectivity index (χ2v) is 4.60. The van der Waals surface area contributed by atoms with Crippen LogP contribution in [-0.2, 0) is 6.42 Å². The number of halogens is 2. The number of rotatable bonds is 2. The van der Waals surface area contributed by atoms with Crippen LogP contribution in [0.1, 0.15) is 31.2 Å². The zero-order valence-corrected chi connectivity index (χ0v) is 8.86. The average Bonchev–Trinajstić information content (AvgIpc) is 2.51. The molecule has 0 amide bonds. The summed E-state index contributed by atoms with van der Waals surface area (Å²) in [7, 11) is 0. The lowest BCUT2D eigenvalue weighted by atomic mass is 9.95. The fraction of sp³-hybridized carbons (Fsp3) is 0.500. The molecule has 14 heavy (non-hydrogen) atoms. The summed E-state index contributed by atoms with van der Waals surface area (Å²) in [4.78, 5) is 0. The van der Waals surface area contributed by atoms with E-state index in [0.717, 1.165) is 18.4 Å². The second-order valence-electron chi connectivity index (χ2n) is 4.16. The molecular formula is C12H14ClF. The van der Waals surface area contributed by atoms with Crippen LogP contribution in [0.25, 0.3) is 0 Å². The zero-order valence-electron chi connectivity index (χ0n) is 8.10. The second kappa shape index (κ2) is 3.90. The van der Waals surface area contributed by atoms with Gasteiger partial charge in [0.2, 0.25) is 0 Å². The van der Waals surface area contributed by atoms with Crippen molar-refractivity contribution in [2.24, 2.45) is 0 Å². The minimum Gasteiger partial charge on any atom is -0.244 e. The van der Waals surface area contributed by atoms with Gasteiger partial charge in [-0.15, -0.1) is 0 Å². The van der Waals surface area contributed by atoms with Crippen LogP contribution in [0, 0.1) is 0 Å². The third-order valence-electron chi connectivity index (χ3n) is 2.91. The summed E-state index contributed by atoms with van der Waals surface area (Å²) >= 11 is 5.85. The lowest BCUT2D eigenvalue weighted by Crippen LogP contribution is -2.20. The minimum atomic E-state index is -0.968. The molecule has 1 aliphatic rings. The molecule has 0 bridgehead atoms. The Balaban J connectivity index is 2.10. The molecule has 0 unspecified atom stereocenters. The molecule has 1 aromatic carbocycles. The molecule has 0 saturated heterocycles. The fourth-order valence-electron chi connectivity index (χ4n) is 2.20. The largest absolute Gasteiger partial charge is 0.244 e. The van der Waals surface area contributed by atoms with E-state index < -0.39 is 5.67 Å². The Hall–Kier alpha value is -0.560. The van der Waals surface area contributed by atoms with Crippen LogP contribution in [-0.4, -0.2) is 5.67 Å². The third-order valence-corrected chi connectivity index (χ3v) is 3.14. The molecule has 0 aliphatic heterocycles. The van der Waals surface area contributed by atoms with E-state index in [-0.39, 0.29) is 0 Å². The van der Waals surface area contributed by atoms with E-state index in [0.29, 0.717) is 24.3 Å². The lowest BCUT2D eigenvalue weighted by molar-refractivity contribution is 0.173. The highest BCUT2D eigenvalue weighted by Crippen LogP contribution is 2.36. The fourth-order valence-corrected chi connectivity index (χ4v) is 2.41. The minimum absolute atomic E-state index is 0.521. The first-order chi connectivity index (χ1) is 6.68.